The molecule has 7 nitrogen and oxygen atoms in total. The van der Waals surface area contributed by atoms with Gasteiger partial charge in [-0.05, 0) is 66.7 Å². The molecule has 1 aliphatic rings. The summed E-state index contributed by atoms with van der Waals surface area (Å²) in [6.07, 6.45) is 1.83. The SMILES string of the molecule is CN1CN(c2cc(Oc3ccc4c5ccccc5n(-c5ccccn5)c4c3)c3oc4c(ccc5oc6ccccc6c54)c3c2)c2ccccc21. The zero-order valence-electron chi connectivity index (χ0n) is 27.0. The van der Waals surface area contributed by atoms with Crippen LogP contribution in [-0.2, 0) is 0 Å². The molecular formula is C43H28N4O3. The molecule has 1 aliphatic heterocycles. The molecule has 0 saturated heterocycles. The topological polar surface area (TPSA) is 59.8 Å². The molecule has 11 rings (SSSR count). The van der Waals surface area contributed by atoms with Gasteiger partial charge in [-0.15, -0.1) is 0 Å². The number of nitrogens with zero attached hydrogens (tertiary/aromatic N) is 4. The molecule has 0 bridgehead atoms. The van der Waals surface area contributed by atoms with E-state index in [2.05, 4.69) is 106 Å². The number of aromatic nitrogens is 2. The van der Waals surface area contributed by atoms with Crippen LogP contribution in [0.2, 0.25) is 0 Å². The van der Waals surface area contributed by atoms with Gasteiger partial charge >= 0.3 is 0 Å². The van der Waals surface area contributed by atoms with Gasteiger partial charge in [0.15, 0.2) is 11.3 Å². The van der Waals surface area contributed by atoms with Crippen molar-refractivity contribution in [1.82, 2.24) is 9.55 Å². The Morgan fingerprint density at radius 3 is 2.28 bits per heavy atom. The Balaban J connectivity index is 1.15. The third kappa shape index (κ3) is 3.83. The predicted molar refractivity (Wildman–Crippen MR) is 201 cm³/mol. The molecule has 0 radical (unpaired) electrons. The highest BCUT2D eigenvalue weighted by Crippen LogP contribution is 2.47. The molecular weight excluding hydrogens is 620 g/mol. The molecule has 0 atom stereocenters. The molecule has 50 heavy (non-hydrogen) atoms. The Hall–Kier alpha value is -6.73. The van der Waals surface area contributed by atoms with Crippen molar-refractivity contribution in [1.29, 1.82) is 0 Å². The fourth-order valence-electron chi connectivity index (χ4n) is 7.80. The van der Waals surface area contributed by atoms with Crippen molar-refractivity contribution in [2.75, 3.05) is 23.5 Å². The van der Waals surface area contributed by atoms with Gasteiger partial charge in [0.25, 0.3) is 0 Å². The first-order chi connectivity index (χ1) is 24.7. The molecule has 0 aliphatic carbocycles. The minimum atomic E-state index is 0.640. The number of rotatable bonds is 4. The second kappa shape index (κ2) is 10.1. The maximum absolute atomic E-state index is 6.92. The van der Waals surface area contributed by atoms with E-state index >= 15 is 0 Å². The Bertz CT molecular complexity index is 2970. The van der Waals surface area contributed by atoms with Crippen LogP contribution in [0.25, 0.3) is 71.5 Å². The number of anilines is 3. The lowest BCUT2D eigenvalue weighted by Gasteiger charge is -2.20. The summed E-state index contributed by atoms with van der Waals surface area (Å²) in [5, 5.41) is 6.28. The fourth-order valence-corrected chi connectivity index (χ4v) is 7.80. The summed E-state index contributed by atoms with van der Waals surface area (Å²) in [5.74, 6) is 2.20. The quantitative estimate of drug-likeness (QED) is 0.189. The van der Waals surface area contributed by atoms with E-state index in [0.717, 1.165) is 77.3 Å². The molecule has 6 aromatic carbocycles. The number of para-hydroxylation sites is 4. The molecule has 0 unspecified atom stereocenters. The minimum absolute atomic E-state index is 0.640. The van der Waals surface area contributed by atoms with E-state index in [4.69, 9.17) is 18.6 Å². The summed E-state index contributed by atoms with van der Waals surface area (Å²) in [4.78, 5) is 9.30. The highest BCUT2D eigenvalue weighted by molar-refractivity contribution is 6.23. The van der Waals surface area contributed by atoms with Crippen molar-refractivity contribution in [2.45, 2.75) is 0 Å². The lowest BCUT2D eigenvalue weighted by atomic mass is 10.1. The van der Waals surface area contributed by atoms with Crippen LogP contribution in [0, 0.1) is 0 Å². The molecule has 10 aromatic rings. The van der Waals surface area contributed by atoms with Crippen LogP contribution in [0.4, 0.5) is 17.1 Å². The Morgan fingerprint density at radius 2 is 1.38 bits per heavy atom. The van der Waals surface area contributed by atoms with E-state index in [1.165, 1.54) is 5.69 Å². The first kappa shape index (κ1) is 27.2. The standard InChI is InChI=1S/C43H28N4O3/c1-45-25-46(35-14-6-5-13-34(35)45)26-22-32-30-19-20-38-41(31-11-3-7-15-37(31)49-38)43(30)50-42(32)39(23-26)48-27-17-18-29-28-10-2-4-12-33(28)47(36(29)24-27)40-16-8-9-21-44-40/h2-24H,25H2,1H3. The monoisotopic (exact) mass is 648 g/mol. The highest BCUT2D eigenvalue weighted by atomic mass is 16.5. The van der Waals surface area contributed by atoms with E-state index in [1.54, 1.807) is 0 Å². The smallest absolute Gasteiger partial charge is 0.178 e. The van der Waals surface area contributed by atoms with Crippen molar-refractivity contribution >= 4 is 82.7 Å². The number of fused-ring (bicyclic) bond motifs is 11. The average molecular weight is 649 g/mol. The minimum Gasteiger partial charge on any atom is -0.456 e. The Labute approximate surface area is 285 Å². The van der Waals surface area contributed by atoms with Crippen LogP contribution in [0.15, 0.2) is 148 Å². The van der Waals surface area contributed by atoms with E-state index in [9.17, 15) is 0 Å². The molecule has 0 saturated carbocycles. The first-order valence-electron chi connectivity index (χ1n) is 16.7. The predicted octanol–water partition coefficient (Wildman–Crippen LogP) is 11.3. The van der Waals surface area contributed by atoms with E-state index < -0.39 is 0 Å². The van der Waals surface area contributed by atoms with Crippen LogP contribution in [-0.4, -0.2) is 23.3 Å². The van der Waals surface area contributed by atoms with Gasteiger partial charge in [0.2, 0.25) is 0 Å². The van der Waals surface area contributed by atoms with Crippen LogP contribution in [0.1, 0.15) is 0 Å². The van der Waals surface area contributed by atoms with E-state index in [0.29, 0.717) is 23.8 Å². The zero-order valence-corrected chi connectivity index (χ0v) is 27.0. The van der Waals surface area contributed by atoms with Gasteiger partial charge in [0, 0.05) is 58.0 Å². The van der Waals surface area contributed by atoms with Crippen LogP contribution < -0.4 is 14.5 Å². The molecule has 4 aromatic heterocycles. The van der Waals surface area contributed by atoms with Gasteiger partial charge in [0.1, 0.15) is 28.3 Å². The van der Waals surface area contributed by atoms with Gasteiger partial charge in [-0.2, -0.15) is 0 Å². The normalized spacial score (nSPS) is 13.1. The van der Waals surface area contributed by atoms with Crippen molar-refractivity contribution in [3.05, 3.63) is 140 Å². The van der Waals surface area contributed by atoms with Gasteiger partial charge in [-0.1, -0.05) is 54.6 Å². The van der Waals surface area contributed by atoms with Crippen LogP contribution in [0.3, 0.4) is 0 Å². The molecule has 7 heteroatoms. The summed E-state index contributed by atoms with van der Waals surface area (Å²) >= 11 is 0. The van der Waals surface area contributed by atoms with Crippen molar-refractivity contribution in [2.24, 2.45) is 0 Å². The number of hydrogen-bond acceptors (Lipinski definition) is 6. The van der Waals surface area contributed by atoms with Crippen molar-refractivity contribution in [3.63, 3.8) is 0 Å². The van der Waals surface area contributed by atoms with Gasteiger partial charge in [-0.3, -0.25) is 4.57 Å². The number of benzene rings is 6. The number of hydrogen-bond donors (Lipinski definition) is 0. The maximum atomic E-state index is 6.92. The Kier molecular flexibility index (Phi) is 5.52. The summed E-state index contributed by atoms with van der Waals surface area (Å²) in [7, 11) is 2.12. The third-order valence-corrected chi connectivity index (χ3v) is 10.0. The van der Waals surface area contributed by atoms with Crippen LogP contribution in [0.5, 0.6) is 11.5 Å². The molecule has 5 heterocycles. The highest BCUT2D eigenvalue weighted by Gasteiger charge is 2.27. The summed E-state index contributed by atoms with van der Waals surface area (Å²) < 4.78 is 22.2. The summed E-state index contributed by atoms with van der Waals surface area (Å²) in [6, 6.07) is 45.8. The van der Waals surface area contributed by atoms with Gasteiger partial charge < -0.3 is 23.4 Å². The van der Waals surface area contributed by atoms with Gasteiger partial charge in [0.05, 0.1) is 34.5 Å². The lowest BCUT2D eigenvalue weighted by Crippen LogP contribution is -2.23. The molecule has 0 spiro atoms. The molecule has 0 amide bonds. The zero-order chi connectivity index (χ0) is 32.9. The largest absolute Gasteiger partial charge is 0.456 e. The fraction of sp³-hybridized carbons (Fsp3) is 0.0465. The van der Waals surface area contributed by atoms with Crippen molar-refractivity contribution < 1.29 is 13.6 Å². The average Bonchev–Trinajstić information content (AvgIpc) is 3.91. The molecule has 0 fully saturated rings. The number of ether oxygens (including phenoxy) is 1. The van der Waals surface area contributed by atoms with E-state index in [1.807, 2.05) is 54.7 Å². The number of pyridine rings is 1. The second-order valence-electron chi connectivity index (χ2n) is 12.9. The second-order valence-corrected chi connectivity index (χ2v) is 12.9. The summed E-state index contributed by atoms with van der Waals surface area (Å²) in [6.45, 7) is 0.715. The first-order valence-corrected chi connectivity index (χ1v) is 16.7. The van der Waals surface area contributed by atoms with Crippen molar-refractivity contribution in [3.8, 4) is 17.3 Å². The molecule has 0 N–H and O–H groups in total. The third-order valence-electron chi connectivity index (χ3n) is 10.0. The number of furan rings is 2. The van der Waals surface area contributed by atoms with Crippen LogP contribution >= 0.6 is 0 Å². The van der Waals surface area contributed by atoms with Gasteiger partial charge in [-0.25, -0.2) is 4.98 Å². The molecule has 238 valence electrons. The lowest BCUT2D eigenvalue weighted by molar-refractivity contribution is 0.477. The summed E-state index contributed by atoms with van der Waals surface area (Å²) in [5.41, 5.74) is 8.57. The maximum Gasteiger partial charge on any atom is 0.178 e. The Morgan fingerprint density at radius 1 is 0.600 bits per heavy atom. The van der Waals surface area contributed by atoms with E-state index in [-0.39, 0.29) is 0 Å².